The van der Waals surface area contributed by atoms with Crippen LogP contribution in [0, 0.1) is 11.3 Å². The van der Waals surface area contributed by atoms with Gasteiger partial charge in [-0.15, -0.1) is 11.8 Å². The minimum absolute atomic E-state index is 0.335. The van der Waals surface area contributed by atoms with Gasteiger partial charge in [-0.3, -0.25) is 5.32 Å². The molecule has 0 aliphatic heterocycles. The van der Waals surface area contributed by atoms with Crippen LogP contribution in [0.4, 0.5) is 0 Å². The zero-order valence-corrected chi connectivity index (χ0v) is 12.9. The molecule has 1 aromatic rings. The summed E-state index contributed by atoms with van der Waals surface area (Å²) in [5.41, 5.74) is -0.335. The molecule has 0 saturated heterocycles. The molecule has 2 unspecified atom stereocenters. The van der Waals surface area contributed by atoms with E-state index in [1.54, 1.807) is 18.0 Å². The lowest BCUT2D eigenvalue weighted by molar-refractivity contribution is 0.301. The van der Waals surface area contributed by atoms with Gasteiger partial charge < -0.3 is 0 Å². The predicted octanol–water partition coefficient (Wildman–Crippen LogP) is 3.78. The minimum Gasteiger partial charge on any atom is -0.297 e. The van der Waals surface area contributed by atoms with Crippen molar-refractivity contribution in [3.05, 3.63) is 23.4 Å². The number of nitrogens with zero attached hydrogens (tertiary/aromatic N) is 2. The second-order valence-electron chi connectivity index (χ2n) is 5.74. The largest absolute Gasteiger partial charge is 0.297 e. The van der Waals surface area contributed by atoms with Gasteiger partial charge in [-0.2, -0.15) is 5.26 Å². The van der Waals surface area contributed by atoms with Crippen molar-refractivity contribution >= 4 is 23.4 Å². The van der Waals surface area contributed by atoms with E-state index in [1.807, 2.05) is 12.1 Å². The van der Waals surface area contributed by atoms with E-state index in [1.165, 1.54) is 12.8 Å². The first-order chi connectivity index (χ1) is 9.71. The van der Waals surface area contributed by atoms with Crippen molar-refractivity contribution in [3.63, 3.8) is 0 Å². The van der Waals surface area contributed by atoms with Gasteiger partial charge >= 0.3 is 0 Å². The molecular weight excluding hydrogens is 290 g/mol. The molecule has 1 N–H and O–H groups in total. The third-order valence-electron chi connectivity index (χ3n) is 3.98. The molecule has 2 fully saturated rings. The number of nitrogens with one attached hydrogen (secondary N) is 1. The van der Waals surface area contributed by atoms with Crippen LogP contribution in [0.2, 0.25) is 5.02 Å². The Morgan fingerprint density at radius 3 is 3.00 bits per heavy atom. The summed E-state index contributed by atoms with van der Waals surface area (Å²) >= 11 is 7.90. The Hall–Kier alpha value is -0.760. The Bertz CT molecular complexity index is 526. The number of hydrogen-bond acceptors (Lipinski definition) is 4. The van der Waals surface area contributed by atoms with Crippen LogP contribution in [0.25, 0.3) is 0 Å². The van der Waals surface area contributed by atoms with Gasteiger partial charge in [-0.25, -0.2) is 4.98 Å². The summed E-state index contributed by atoms with van der Waals surface area (Å²) in [5.74, 6) is 0. The van der Waals surface area contributed by atoms with Gasteiger partial charge in [-0.05, 0) is 50.7 Å². The fraction of sp³-hybridized carbons (Fsp3) is 0.600. The molecule has 2 atom stereocenters. The van der Waals surface area contributed by atoms with Crippen molar-refractivity contribution in [2.24, 2.45) is 0 Å². The van der Waals surface area contributed by atoms with Crippen LogP contribution in [0.3, 0.4) is 0 Å². The minimum atomic E-state index is -0.335. The average Bonchev–Trinajstić information content (AvgIpc) is 3.26. The second kappa shape index (κ2) is 5.93. The molecule has 20 heavy (non-hydrogen) atoms. The standard InChI is InChI=1S/C15H18ClN3S/c16-13-4-2-8-18-14(13)20-12-3-1-7-15(9-12,10-17)19-11-5-6-11/h2,4,8,11-12,19H,1,3,5-7,9H2. The van der Waals surface area contributed by atoms with E-state index >= 15 is 0 Å². The van der Waals surface area contributed by atoms with Crippen molar-refractivity contribution in [1.82, 2.24) is 10.3 Å². The summed E-state index contributed by atoms with van der Waals surface area (Å²) in [6, 6.07) is 6.83. The van der Waals surface area contributed by atoms with Gasteiger partial charge in [0, 0.05) is 17.5 Å². The second-order valence-corrected chi connectivity index (χ2v) is 7.44. The molecule has 1 heterocycles. The maximum atomic E-state index is 9.59. The summed E-state index contributed by atoms with van der Waals surface area (Å²) in [6.07, 6.45) is 8.28. The maximum absolute atomic E-state index is 9.59. The summed E-state index contributed by atoms with van der Waals surface area (Å²) < 4.78 is 0. The van der Waals surface area contributed by atoms with E-state index in [9.17, 15) is 5.26 Å². The molecule has 0 spiro atoms. The molecular formula is C15H18ClN3S. The SMILES string of the molecule is N#CC1(NC2CC2)CCCC(Sc2ncccc2Cl)C1. The van der Waals surface area contributed by atoms with Crippen LogP contribution < -0.4 is 5.32 Å². The number of aromatic nitrogens is 1. The third-order valence-corrected chi connectivity index (χ3v) is 5.68. The summed E-state index contributed by atoms with van der Waals surface area (Å²) in [6.45, 7) is 0. The first-order valence-electron chi connectivity index (χ1n) is 7.17. The van der Waals surface area contributed by atoms with E-state index in [-0.39, 0.29) is 5.54 Å². The highest BCUT2D eigenvalue weighted by Crippen LogP contribution is 2.40. The topological polar surface area (TPSA) is 48.7 Å². The monoisotopic (exact) mass is 307 g/mol. The Kier molecular flexibility index (Phi) is 4.21. The van der Waals surface area contributed by atoms with Gasteiger partial charge in [0.25, 0.3) is 0 Å². The normalized spacial score (nSPS) is 29.9. The van der Waals surface area contributed by atoms with Crippen LogP contribution in [0.1, 0.15) is 38.5 Å². The van der Waals surface area contributed by atoms with E-state index in [4.69, 9.17) is 11.6 Å². The van der Waals surface area contributed by atoms with E-state index < -0.39 is 0 Å². The van der Waals surface area contributed by atoms with Gasteiger partial charge in [0.2, 0.25) is 0 Å². The third kappa shape index (κ3) is 3.28. The molecule has 2 aliphatic carbocycles. The van der Waals surface area contributed by atoms with Crippen molar-refractivity contribution in [2.45, 2.75) is 60.4 Å². The van der Waals surface area contributed by atoms with Gasteiger partial charge in [0.1, 0.15) is 10.6 Å². The molecule has 5 heteroatoms. The lowest BCUT2D eigenvalue weighted by atomic mass is 9.82. The highest BCUT2D eigenvalue weighted by Gasteiger charge is 2.40. The van der Waals surface area contributed by atoms with Crippen LogP contribution in [-0.2, 0) is 0 Å². The summed E-state index contributed by atoms with van der Waals surface area (Å²) in [7, 11) is 0. The number of thioether (sulfide) groups is 1. The quantitative estimate of drug-likeness (QED) is 0.919. The zero-order chi connectivity index (χ0) is 14.0. The fourth-order valence-corrected chi connectivity index (χ4v) is 4.35. The molecule has 0 aromatic carbocycles. The van der Waals surface area contributed by atoms with E-state index in [0.29, 0.717) is 16.3 Å². The van der Waals surface area contributed by atoms with E-state index in [2.05, 4.69) is 16.4 Å². The molecule has 2 aliphatic rings. The number of rotatable bonds is 4. The smallest absolute Gasteiger partial charge is 0.115 e. The number of pyridine rings is 1. The van der Waals surface area contributed by atoms with Crippen molar-refractivity contribution < 1.29 is 0 Å². The molecule has 0 radical (unpaired) electrons. The van der Waals surface area contributed by atoms with Crippen LogP contribution in [-0.4, -0.2) is 21.8 Å². The zero-order valence-electron chi connectivity index (χ0n) is 11.3. The molecule has 3 nitrogen and oxygen atoms in total. The first-order valence-corrected chi connectivity index (χ1v) is 8.43. The number of nitriles is 1. The Morgan fingerprint density at radius 2 is 2.30 bits per heavy atom. The van der Waals surface area contributed by atoms with Crippen molar-refractivity contribution in [3.8, 4) is 6.07 Å². The number of halogens is 1. The Morgan fingerprint density at radius 1 is 1.45 bits per heavy atom. The molecule has 0 amide bonds. The summed E-state index contributed by atoms with van der Waals surface area (Å²) in [5, 5.41) is 15.2. The fourth-order valence-electron chi connectivity index (χ4n) is 2.82. The average molecular weight is 308 g/mol. The van der Waals surface area contributed by atoms with Gasteiger partial charge in [0.05, 0.1) is 11.1 Å². The van der Waals surface area contributed by atoms with Gasteiger partial charge in [-0.1, -0.05) is 11.6 Å². The van der Waals surface area contributed by atoms with Crippen molar-refractivity contribution in [2.75, 3.05) is 0 Å². The number of hydrogen-bond donors (Lipinski definition) is 1. The van der Waals surface area contributed by atoms with Crippen molar-refractivity contribution in [1.29, 1.82) is 5.26 Å². The lowest BCUT2D eigenvalue weighted by Gasteiger charge is -2.36. The first kappa shape index (κ1) is 14.2. The molecule has 1 aromatic heterocycles. The molecule has 106 valence electrons. The molecule has 3 rings (SSSR count). The highest BCUT2D eigenvalue weighted by atomic mass is 35.5. The summed E-state index contributed by atoms with van der Waals surface area (Å²) in [4.78, 5) is 4.35. The molecule has 0 bridgehead atoms. The van der Waals surface area contributed by atoms with Crippen LogP contribution in [0.5, 0.6) is 0 Å². The van der Waals surface area contributed by atoms with E-state index in [0.717, 1.165) is 30.7 Å². The molecule has 2 saturated carbocycles. The maximum Gasteiger partial charge on any atom is 0.115 e. The van der Waals surface area contributed by atoms with Crippen LogP contribution in [0.15, 0.2) is 23.4 Å². The van der Waals surface area contributed by atoms with Gasteiger partial charge in [0.15, 0.2) is 0 Å². The lowest BCUT2D eigenvalue weighted by Crippen LogP contribution is -2.49. The van der Waals surface area contributed by atoms with Crippen LogP contribution >= 0.6 is 23.4 Å². The highest BCUT2D eigenvalue weighted by molar-refractivity contribution is 8.00. The Labute approximate surface area is 129 Å². The Balaban J connectivity index is 1.68. The predicted molar refractivity (Wildman–Crippen MR) is 81.9 cm³/mol.